The second kappa shape index (κ2) is 6.80. The quantitative estimate of drug-likeness (QED) is 0.906. The molecule has 1 heterocycles. The zero-order chi connectivity index (χ0) is 13.7. The molecule has 2 atom stereocenters. The summed E-state index contributed by atoms with van der Waals surface area (Å²) < 4.78 is 5.61. The van der Waals surface area contributed by atoms with Crippen LogP contribution in [0, 0.1) is 11.8 Å². The molecule has 1 aliphatic heterocycles. The normalized spacial score (nSPS) is 24.7. The first-order chi connectivity index (χ1) is 9.19. The Labute approximate surface area is 116 Å². The van der Waals surface area contributed by atoms with Crippen LogP contribution in [-0.4, -0.2) is 32.8 Å². The maximum atomic E-state index is 5.61. The van der Waals surface area contributed by atoms with E-state index in [1.165, 1.54) is 5.69 Å². The number of hydrogen-bond donors (Lipinski definition) is 1. The number of anilines is 1. The highest BCUT2D eigenvalue weighted by Crippen LogP contribution is 2.23. The van der Waals surface area contributed by atoms with E-state index in [9.17, 15) is 0 Å². The van der Waals surface area contributed by atoms with Crippen LogP contribution in [0.1, 0.15) is 20.8 Å². The molecular formula is C16H26N2O. The van der Waals surface area contributed by atoms with Crippen LogP contribution in [0.15, 0.2) is 24.3 Å². The summed E-state index contributed by atoms with van der Waals surface area (Å²) in [6.45, 7) is 11.8. The summed E-state index contributed by atoms with van der Waals surface area (Å²) in [6, 6.07) is 8.48. The summed E-state index contributed by atoms with van der Waals surface area (Å²) in [4.78, 5) is 2.50. The van der Waals surface area contributed by atoms with E-state index >= 15 is 0 Å². The van der Waals surface area contributed by atoms with Gasteiger partial charge in [0, 0.05) is 24.8 Å². The highest BCUT2D eigenvalue weighted by atomic mass is 16.5. The lowest BCUT2D eigenvalue weighted by atomic mass is 10.0. The fourth-order valence-electron chi connectivity index (χ4n) is 2.68. The zero-order valence-electron chi connectivity index (χ0n) is 12.4. The Morgan fingerprint density at radius 3 is 2.53 bits per heavy atom. The molecule has 1 aromatic carbocycles. The van der Waals surface area contributed by atoms with Crippen molar-refractivity contribution in [2.45, 2.75) is 20.8 Å². The van der Waals surface area contributed by atoms with Crippen molar-refractivity contribution in [3.8, 4) is 5.75 Å². The molecule has 1 N–H and O–H groups in total. The van der Waals surface area contributed by atoms with Gasteiger partial charge in [-0.3, -0.25) is 0 Å². The van der Waals surface area contributed by atoms with E-state index in [4.69, 9.17) is 4.74 Å². The van der Waals surface area contributed by atoms with E-state index < -0.39 is 0 Å². The van der Waals surface area contributed by atoms with Crippen LogP contribution in [0.2, 0.25) is 0 Å². The van der Waals surface area contributed by atoms with Gasteiger partial charge in [-0.1, -0.05) is 19.9 Å². The summed E-state index contributed by atoms with van der Waals surface area (Å²) in [5.74, 6) is 2.31. The number of ether oxygens (including phenoxy) is 1. The van der Waals surface area contributed by atoms with Gasteiger partial charge in [0.1, 0.15) is 5.75 Å². The van der Waals surface area contributed by atoms with Crippen molar-refractivity contribution in [3.05, 3.63) is 24.3 Å². The standard InChI is InChI=1S/C16H26N2O/c1-4-19-16-7-5-6-15(8-16)18-11-13(2)9-17-10-14(3)12-18/h5-8,13-14,17H,4,9-12H2,1-3H3. The van der Waals surface area contributed by atoms with Crippen LogP contribution in [0.3, 0.4) is 0 Å². The monoisotopic (exact) mass is 262 g/mol. The highest BCUT2D eigenvalue weighted by Gasteiger charge is 2.17. The summed E-state index contributed by atoms with van der Waals surface area (Å²) >= 11 is 0. The smallest absolute Gasteiger partial charge is 0.121 e. The van der Waals surface area contributed by atoms with E-state index in [-0.39, 0.29) is 0 Å². The number of nitrogens with one attached hydrogen (secondary N) is 1. The fraction of sp³-hybridized carbons (Fsp3) is 0.625. The minimum atomic E-state index is 0.670. The molecule has 2 unspecified atom stereocenters. The molecule has 106 valence electrons. The van der Waals surface area contributed by atoms with Crippen LogP contribution in [0.4, 0.5) is 5.69 Å². The molecule has 0 aromatic heterocycles. The van der Waals surface area contributed by atoms with Crippen molar-refractivity contribution in [3.63, 3.8) is 0 Å². The van der Waals surface area contributed by atoms with Crippen LogP contribution in [-0.2, 0) is 0 Å². The van der Waals surface area contributed by atoms with Gasteiger partial charge in [-0.25, -0.2) is 0 Å². The molecule has 0 spiro atoms. The van der Waals surface area contributed by atoms with Crippen molar-refractivity contribution >= 4 is 5.69 Å². The number of hydrogen-bond acceptors (Lipinski definition) is 3. The average Bonchev–Trinajstić information content (AvgIpc) is 2.37. The zero-order valence-corrected chi connectivity index (χ0v) is 12.4. The predicted molar refractivity (Wildman–Crippen MR) is 81.0 cm³/mol. The third kappa shape index (κ3) is 4.13. The summed E-state index contributed by atoms with van der Waals surface area (Å²) in [5.41, 5.74) is 1.28. The molecule has 0 aliphatic carbocycles. The second-order valence-corrected chi connectivity index (χ2v) is 5.70. The minimum absolute atomic E-state index is 0.670. The first kappa shape index (κ1) is 14.2. The predicted octanol–water partition coefficient (Wildman–Crippen LogP) is 2.77. The summed E-state index contributed by atoms with van der Waals surface area (Å²) in [7, 11) is 0. The molecule has 1 fully saturated rings. The minimum Gasteiger partial charge on any atom is -0.494 e. The Bertz CT molecular complexity index is 382. The summed E-state index contributed by atoms with van der Waals surface area (Å²) in [5, 5.41) is 3.54. The van der Waals surface area contributed by atoms with Crippen LogP contribution in [0.5, 0.6) is 5.75 Å². The molecule has 0 saturated carbocycles. The Morgan fingerprint density at radius 1 is 1.21 bits per heavy atom. The number of rotatable bonds is 3. The Morgan fingerprint density at radius 2 is 1.89 bits per heavy atom. The maximum Gasteiger partial charge on any atom is 0.121 e. The Balaban J connectivity index is 2.14. The third-order valence-electron chi connectivity index (χ3n) is 3.54. The molecule has 0 bridgehead atoms. The molecule has 3 nitrogen and oxygen atoms in total. The third-order valence-corrected chi connectivity index (χ3v) is 3.54. The van der Waals surface area contributed by atoms with Gasteiger partial charge in [-0.2, -0.15) is 0 Å². The van der Waals surface area contributed by atoms with Gasteiger partial charge < -0.3 is 15.0 Å². The number of benzene rings is 1. The van der Waals surface area contributed by atoms with Crippen molar-refractivity contribution in [2.75, 3.05) is 37.7 Å². The first-order valence-electron chi connectivity index (χ1n) is 7.37. The van der Waals surface area contributed by atoms with Gasteiger partial charge in [0.05, 0.1) is 6.61 Å². The van der Waals surface area contributed by atoms with Gasteiger partial charge in [0.15, 0.2) is 0 Å². The highest BCUT2D eigenvalue weighted by molar-refractivity contribution is 5.51. The lowest BCUT2D eigenvalue weighted by Crippen LogP contribution is -2.42. The van der Waals surface area contributed by atoms with E-state index in [0.29, 0.717) is 11.8 Å². The van der Waals surface area contributed by atoms with Crippen molar-refractivity contribution in [1.29, 1.82) is 0 Å². The van der Waals surface area contributed by atoms with E-state index in [0.717, 1.165) is 38.5 Å². The van der Waals surface area contributed by atoms with Crippen LogP contribution < -0.4 is 15.0 Å². The van der Waals surface area contributed by atoms with Gasteiger partial charge in [-0.05, 0) is 44.0 Å². The number of nitrogens with zero attached hydrogens (tertiary/aromatic N) is 1. The second-order valence-electron chi connectivity index (χ2n) is 5.70. The van der Waals surface area contributed by atoms with E-state index in [1.54, 1.807) is 0 Å². The Hall–Kier alpha value is -1.22. The van der Waals surface area contributed by atoms with Crippen molar-refractivity contribution in [1.82, 2.24) is 5.32 Å². The van der Waals surface area contributed by atoms with Gasteiger partial charge >= 0.3 is 0 Å². The molecule has 1 aliphatic rings. The van der Waals surface area contributed by atoms with Gasteiger partial charge in [-0.15, -0.1) is 0 Å². The SMILES string of the molecule is CCOc1cccc(N2CC(C)CNCC(C)C2)c1. The van der Waals surface area contributed by atoms with E-state index in [1.807, 2.05) is 13.0 Å². The molecule has 3 heteroatoms. The molecule has 0 amide bonds. The lowest BCUT2D eigenvalue weighted by Gasteiger charge is -2.33. The maximum absolute atomic E-state index is 5.61. The topological polar surface area (TPSA) is 24.5 Å². The molecule has 2 rings (SSSR count). The molecular weight excluding hydrogens is 236 g/mol. The molecule has 1 saturated heterocycles. The largest absolute Gasteiger partial charge is 0.494 e. The molecule has 1 aromatic rings. The van der Waals surface area contributed by atoms with Gasteiger partial charge in [0.2, 0.25) is 0 Å². The van der Waals surface area contributed by atoms with Crippen LogP contribution in [0.25, 0.3) is 0 Å². The molecule has 0 radical (unpaired) electrons. The lowest BCUT2D eigenvalue weighted by molar-refractivity contribution is 0.340. The van der Waals surface area contributed by atoms with Gasteiger partial charge in [0.25, 0.3) is 0 Å². The van der Waals surface area contributed by atoms with E-state index in [2.05, 4.69) is 42.3 Å². The molecule has 19 heavy (non-hydrogen) atoms. The van der Waals surface area contributed by atoms with Crippen LogP contribution >= 0.6 is 0 Å². The fourth-order valence-corrected chi connectivity index (χ4v) is 2.68. The Kier molecular flexibility index (Phi) is 5.08. The average molecular weight is 262 g/mol. The first-order valence-corrected chi connectivity index (χ1v) is 7.37. The summed E-state index contributed by atoms with van der Waals surface area (Å²) in [6.07, 6.45) is 0. The van der Waals surface area contributed by atoms with Crippen molar-refractivity contribution < 1.29 is 4.74 Å². The van der Waals surface area contributed by atoms with Crippen molar-refractivity contribution in [2.24, 2.45) is 11.8 Å².